The summed E-state index contributed by atoms with van der Waals surface area (Å²) in [6.07, 6.45) is 0. The normalized spacial score (nSPS) is 13.6. The molecule has 0 amide bonds. The molecule has 0 atom stereocenters. The number of aromatic nitrogens is 1. The molecule has 0 spiro atoms. The van der Waals surface area contributed by atoms with Gasteiger partial charge < -0.3 is 14.4 Å². The molecule has 0 bridgehead atoms. The van der Waals surface area contributed by atoms with Crippen molar-refractivity contribution in [2.75, 3.05) is 9.80 Å². The van der Waals surface area contributed by atoms with E-state index in [9.17, 15) is 0 Å². The lowest BCUT2D eigenvalue weighted by atomic mass is 9.33. The largest absolute Gasteiger partial charge is 0.311 e. The van der Waals surface area contributed by atoms with Crippen LogP contribution in [0.5, 0.6) is 0 Å². The monoisotopic (exact) mass is 977 g/mol. The summed E-state index contributed by atoms with van der Waals surface area (Å²) in [5.74, 6) is 0. The maximum absolute atomic E-state index is 2.68. The van der Waals surface area contributed by atoms with Crippen LogP contribution in [-0.2, 0) is 16.2 Å². The van der Waals surface area contributed by atoms with Gasteiger partial charge in [-0.3, -0.25) is 0 Å². The van der Waals surface area contributed by atoms with E-state index in [1.165, 1.54) is 131 Å². The van der Waals surface area contributed by atoms with Gasteiger partial charge in [0.25, 0.3) is 6.71 Å². The van der Waals surface area contributed by atoms with E-state index in [1.807, 2.05) is 11.3 Å². The van der Waals surface area contributed by atoms with E-state index in [4.69, 9.17) is 0 Å². The molecule has 9 aromatic carbocycles. The van der Waals surface area contributed by atoms with E-state index in [0.29, 0.717) is 0 Å². The van der Waals surface area contributed by atoms with Gasteiger partial charge in [0.05, 0.1) is 27.1 Å². The molecule has 2 aliphatic rings. The van der Waals surface area contributed by atoms with Crippen molar-refractivity contribution in [3.8, 4) is 16.8 Å². The van der Waals surface area contributed by atoms with E-state index in [0.717, 1.165) is 11.4 Å². The molecular weight excluding hydrogens is 914 g/mol. The first kappa shape index (κ1) is 46.5. The third kappa shape index (κ3) is 7.06. The number of aryl methyl sites for hydroxylation is 3. The van der Waals surface area contributed by atoms with E-state index >= 15 is 0 Å². The molecule has 0 N–H and O–H groups in total. The Kier molecular flexibility index (Phi) is 10.3. The van der Waals surface area contributed by atoms with Crippen molar-refractivity contribution in [3.63, 3.8) is 0 Å². The Labute approximate surface area is 441 Å². The highest BCUT2D eigenvalue weighted by Gasteiger charge is 2.46. The van der Waals surface area contributed by atoms with Crippen molar-refractivity contribution in [2.45, 2.75) is 99.3 Å². The van der Waals surface area contributed by atoms with E-state index in [-0.39, 0.29) is 23.0 Å². The molecule has 0 aliphatic carbocycles. The lowest BCUT2D eigenvalue weighted by Gasteiger charge is -2.45. The Morgan fingerprint density at radius 2 is 0.919 bits per heavy atom. The summed E-state index contributed by atoms with van der Waals surface area (Å²) in [5.41, 5.74) is 25.1. The van der Waals surface area contributed by atoms with E-state index in [2.05, 4.69) is 267 Å². The number of para-hydroxylation sites is 2. The molecule has 364 valence electrons. The lowest BCUT2D eigenvalue weighted by molar-refractivity contribution is 0.590. The van der Waals surface area contributed by atoms with Gasteiger partial charge in [-0.05, 0) is 153 Å². The topological polar surface area (TPSA) is 11.4 Å². The Balaban J connectivity index is 1.26. The molecule has 0 unspecified atom stereocenters. The highest BCUT2D eigenvalue weighted by atomic mass is 32.1. The van der Waals surface area contributed by atoms with E-state index < -0.39 is 0 Å². The van der Waals surface area contributed by atoms with Crippen LogP contribution in [0.3, 0.4) is 0 Å². The summed E-state index contributed by atoms with van der Waals surface area (Å²) in [6.45, 7) is 27.7. The SMILES string of the molecule is Cc1cc(C)c(-c2cc3c4c(c2)N(c2ccc(C(C)(C)C)cc2)c2c(cc5c(sc6ccccc65)c2-n2c5ccccc5c5ccccc52)B4c2cc(C(C)(C)C)ccc2N3c2ccc(C(C)(C)C)cc2)c(C)c1. The van der Waals surface area contributed by atoms with Crippen molar-refractivity contribution in [3.05, 3.63) is 203 Å². The summed E-state index contributed by atoms with van der Waals surface area (Å²) in [6, 6.07) is 66.0. The zero-order valence-corrected chi connectivity index (χ0v) is 45.8. The van der Waals surface area contributed by atoms with Crippen LogP contribution >= 0.6 is 11.3 Å². The Bertz CT molecular complexity index is 4040. The van der Waals surface area contributed by atoms with Crippen LogP contribution in [0, 0.1) is 20.8 Å². The number of hydrogen-bond donors (Lipinski definition) is 0. The van der Waals surface area contributed by atoms with E-state index in [1.54, 1.807) is 0 Å². The summed E-state index contributed by atoms with van der Waals surface area (Å²) >= 11 is 1.93. The number of rotatable bonds is 4. The number of thiophene rings is 1. The van der Waals surface area contributed by atoms with Crippen molar-refractivity contribution >= 4 is 111 Å². The maximum Gasteiger partial charge on any atom is 0.252 e. The molecule has 0 saturated heterocycles. The number of anilines is 6. The van der Waals surface area contributed by atoms with Gasteiger partial charge in [0.1, 0.15) is 0 Å². The predicted octanol–water partition coefficient (Wildman–Crippen LogP) is 17.7. The third-order valence-electron chi connectivity index (χ3n) is 16.3. The van der Waals surface area contributed by atoms with Gasteiger partial charge in [0.2, 0.25) is 0 Å². The lowest BCUT2D eigenvalue weighted by Crippen LogP contribution is -2.61. The van der Waals surface area contributed by atoms with Gasteiger partial charge in [-0.2, -0.15) is 0 Å². The number of fused-ring (bicyclic) bond motifs is 10. The quantitative estimate of drug-likeness (QED) is 0.163. The van der Waals surface area contributed by atoms with Gasteiger partial charge >= 0.3 is 0 Å². The highest BCUT2D eigenvalue weighted by Crippen LogP contribution is 2.53. The first-order chi connectivity index (χ1) is 35.3. The van der Waals surface area contributed by atoms with Crippen molar-refractivity contribution in [1.29, 1.82) is 0 Å². The molecule has 5 heteroatoms. The van der Waals surface area contributed by atoms with Gasteiger partial charge in [-0.1, -0.05) is 177 Å². The molecular formula is C69H64BN3S. The highest BCUT2D eigenvalue weighted by molar-refractivity contribution is 7.26. The van der Waals surface area contributed by atoms with Crippen LogP contribution in [0.4, 0.5) is 34.1 Å². The maximum atomic E-state index is 2.68. The Morgan fingerprint density at radius 3 is 1.49 bits per heavy atom. The first-order valence-corrected chi connectivity index (χ1v) is 27.4. The Morgan fingerprint density at radius 1 is 0.419 bits per heavy atom. The molecule has 0 saturated carbocycles. The molecule has 2 aromatic heterocycles. The second kappa shape index (κ2) is 16.3. The number of nitrogens with zero attached hydrogens (tertiary/aromatic N) is 3. The fourth-order valence-corrected chi connectivity index (χ4v) is 13.9. The van der Waals surface area contributed by atoms with Crippen LogP contribution in [0.2, 0.25) is 0 Å². The summed E-state index contributed by atoms with van der Waals surface area (Å²) in [4.78, 5) is 5.28. The third-order valence-corrected chi connectivity index (χ3v) is 17.5. The number of hydrogen-bond acceptors (Lipinski definition) is 3. The molecule has 0 fully saturated rings. The zero-order valence-electron chi connectivity index (χ0n) is 45.0. The molecule has 11 aromatic rings. The minimum absolute atomic E-state index is 0.0160. The van der Waals surface area contributed by atoms with Crippen molar-refractivity contribution in [1.82, 2.24) is 4.57 Å². The minimum Gasteiger partial charge on any atom is -0.311 e. The van der Waals surface area contributed by atoms with Crippen LogP contribution < -0.4 is 26.2 Å². The second-order valence-corrected chi connectivity index (χ2v) is 25.5. The molecule has 0 radical (unpaired) electrons. The standard InChI is InChI=1S/C69H64BN3S/c1-41-35-42(2)62(43(3)36-41)44-37-59-63-60(38-44)72(49-32-27-46(28-33-49)68(7,8)9)64-55(70(63)54-39-47(69(10,11)12)29-34-58(54)71(59)48-30-25-45(26-31-48)67(4,5)6)40-53-52-21-15-18-24-61(52)74-66(53)65(64)73-56-22-16-13-19-50(56)51-20-14-17-23-57(51)73/h13-40H,1-12H3. The fourth-order valence-electron chi connectivity index (χ4n) is 12.7. The van der Waals surface area contributed by atoms with Gasteiger partial charge in [-0.15, -0.1) is 11.3 Å². The van der Waals surface area contributed by atoms with Crippen molar-refractivity contribution < 1.29 is 0 Å². The predicted molar refractivity (Wildman–Crippen MR) is 323 cm³/mol. The second-order valence-electron chi connectivity index (χ2n) is 24.4. The minimum atomic E-state index is -0.105. The average Bonchev–Trinajstić information content (AvgIpc) is 3.90. The summed E-state index contributed by atoms with van der Waals surface area (Å²) in [7, 11) is 0. The average molecular weight is 978 g/mol. The van der Waals surface area contributed by atoms with Gasteiger partial charge in [-0.25, -0.2) is 0 Å². The molecule has 2 aliphatic heterocycles. The summed E-state index contributed by atoms with van der Waals surface area (Å²) in [5, 5.41) is 5.11. The zero-order chi connectivity index (χ0) is 51.3. The van der Waals surface area contributed by atoms with Crippen LogP contribution in [-0.4, -0.2) is 11.3 Å². The Hall–Kier alpha value is -7.34. The summed E-state index contributed by atoms with van der Waals surface area (Å²) < 4.78 is 5.21. The van der Waals surface area contributed by atoms with Crippen LogP contribution in [0.25, 0.3) is 58.8 Å². The number of benzene rings is 9. The van der Waals surface area contributed by atoms with Crippen LogP contribution in [0.15, 0.2) is 170 Å². The molecule has 3 nitrogen and oxygen atoms in total. The fraction of sp³-hybridized carbons (Fsp3) is 0.217. The molecule has 13 rings (SSSR count). The first-order valence-electron chi connectivity index (χ1n) is 26.5. The molecule has 74 heavy (non-hydrogen) atoms. The molecule has 4 heterocycles. The van der Waals surface area contributed by atoms with Gasteiger partial charge in [0.15, 0.2) is 0 Å². The smallest absolute Gasteiger partial charge is 0.252 e. The van der Waals surface area contributed by atoms with Crippen molar-refractivity contribution in [2.24, 2.45) is 0 Å². The van der Waals surface area contributed by atoms with Crippen LogP contribution in [0.1, 0.15) is 95.7 Å². The van der Waals surface area contributed by atoms with Gasteiger partial charge in [0, 0.05) is 54.7 Å².